The van der Waals surface area contributed by atoms with Crippen molar-refractivity contribution < 1.29 is 9.32 Å². The Kier molecular flexibility index (Phi) is 6.16. The molecule has 0 aliphatic rings. The molecule has 2 heterocycles. The molecule has 1 amide bonds. The fourth-order valence-electron chi connectivity index (χ4n) is 3.04. The van der Waals surface area contributed by atoms with Gasteiger partial charge in [0, 0.05) is 18.3 Å². The molecule has 25 heavy (non-hydrogen) atoms. The second kappa shape index (κ2) is 7.95. The third-order valence-electron chi connectivity index (χ3n) is 4.15. The lowest BCUT2D eigenvalue weighted by Gasteiger charge is -2.24. The van der Waals surface area contributed by atoms with E-state index in [4.69, 9.17) is 4.52 Å². The monoisotopic (exact) mass is 346 g/mol. The highest BCUT2D eigenvalue weighted by Crippen LogP contribution is 2.25. The summed E-state index contributed by atoms with van der Waals surface area (Å²) in [5.41, 5.74) is 2.56. The molecule has 0 spiro atoms. The van der Waals surface area contributed by atoms with Gasteiger partial charge in [0.25, 0.3) is 11.6 Å². The number of carbonyl (C=O) groups is 1. The SMILES string of the molecule is Cc1noc2nc(C(C)C)cc(C(=O)NC(CC(C)C)CN(C)C)c12. The highest BCUT2D eigenvalue weighted by Gasteiger charge is 2.22. The van der Waals surface area contributed by atoms with Crippen LogP contribution in [0.15, 0.2) is 10.6 Å². The van der Waals surface area contributed by atoms with Crippen LogP contribution in [0.4, 0.5) is 0 Å². The van der Waals surface area contributed by atoms with Gasteiger partial charge in [-0.05, 0) is 45.3 Å². The van der Waals surface area contributed by atoms with Crippen LogP contribution in [-0.4, -0.2) is 47.6 Å². The maximum Gasteiger partial charge on any atom is 0.259 e. The second-order valence-electron chi connectivity index (χ2n) is 7.76. The molecule has 0 bridgehead atoms. The maximum absolute atomic E-state index is 13.0. The predicted molar refractivity (Wildman–Crippen MR) is 99.9 cm³/mol. The number of aryl methyl sites for hydroxylation is 1. The van der Waals surface area contributed by atoms with E-state index in [1.54, 1.807) is 0 Å². The van der Waals surface area contributed by atoms with Crippen molar-refractivity contribution in [2.45, 2.75) is 53.0 Å². The molecule has 0 radical (unpaired) electrons. The number of rotatable bonds is 7. The smallest absolute Gasteiger partial charge is 0.259 e. The van der Waals surface area contributed by atoms with Gasteiger partial charge >= 0.3 is 0 Å². The van der Waals surface area contributed by atoms with E-state index >= 15 is 0 Å². The number of likely N-dealkylation sites (N-methyl/N-ethyl adjacent to an activating group) is 1. The molecular formula is C19H30N4O2. The van der Waals surface area contributed by atoms with Crippen LogP contribution in [0.25, 0.3) is 11.1 Å². The van der Waals surface area contributed by atoms with Crippen molar-refractivity contribution in [2.24, 2.45) is 5.92 Å². The van der Waals surface area contributed by atoms with Crippen LogP contribution in [0.1, 0.15) is 61.8 Å². The summed E-state index contributed by atoms with van der Waals surface area (Å²) in [6.07, 6.45) is 0.928. The minimum atomic E-state index is -0.0897. The van der Waals surface area contributed by atoms with Crippen molar-refractivity contribution in [2.75, 3.05) is 20.6 Å². The largest absolute Gasteiger partial charge is 0.348 e. The van der Waals surface area contributed by atoms with Crippen molar-refractivity contribution in [1.29, 1.82) is 0 Å². The molecular weight excluding hydrogens is 316 g/mol. The van der Waals surface area contributed by atoms with Gasteiger partial charge in [-0.3, -0.25) is 4.79 Å². The summed E-state index contributed by atoms with van der Waals surface area (Å²) >= 11 is 0. The minimum Gasteiger partial charge on any atom is -0.348 e. The average molecular weight is 346 g/mol. The van der Waals surface area contributed by atoms with Crippen LogP contribution < -0.4 is 5.32 Å². The predicted octanol–water partition coefficient (Wildman–Crippen LogP) is 3.36. The zero-order valence-electron chi connectivity index (χ0n) is 16.4. The molecule has 6 nitrogen and oxygen atoms in total. The maximum atomic E-state index is 13.0. The number of hydrogen-bond acceptors (Lipinski definition) is 5. The molecule has 0 aliphatic heterocycles. The van der Waals surface area contributed by atoms with Gasteiger partial charge in [0.05, 0.1) is 16.6 Å². The highest BCUT2D eigenvalue weighted by molar-refractivity contribution is 6.06. The second-order valence-corrected chi connectivity index (χ2v) is 7.76. The number of nitrogens with one attached hydrogen (secondary N) is 1. The number of pyridine rings is 1. The summed E-state index contributed by atoms with van der Waals surface area (Å²) in [4.78, 5) is 19.6. The standard InChI is InChI=1S/C19H30N4O2/c1-11(2)8-14(10-23(6)7)20-18(24)15-9-16(12(3)4)21-19-17(15)13(5)22-25-19/h9,11-12,14H,8,10H2,1-7H3,(H,20,24). The molecule has 2 rings (SSSR count). The molecule has 1 unspecified atom stereocenters. The molecule has 0 aromatic carbocycles. The zero-order chi connectivity index (χ0) is 18.7. The van der Waals surface area contributed by atoms with Gasteiger partial charge in [0.2, 0.25) is 0 Å². The Morgan fingerprint density at radius 3 is 2.52 bits per heavy atom. The summed E-state index contributed by atoms with van der Waals surface area (Å²) < 4.78 is 5.32. The van der Waals surface area contributed by atoms with Crippen LogP contribution in [0.3, 0.4) is 0 Å². The summed E-state index contributed by atoms with van der Waals surface area (Å²) in [6.45, 7) is 11.1. The van der Waals surface area contributed by atoms with Gasteiger partial charge in [-0.2, -0.15) is 0 Å². The van der Waals surface area contributed by atoms with E-state index in [1.165, 1.54) is 0 Å². The Hall–Kier alpha value is -1.95. The lowest BCUT2D eigenvalue weighted by atomic mass is 10.0. The lowest BCUT2D eigenvalue weighted by Crippen LogP contribution is -2.42. The summed E-state index contributed by atoms with van der Waals surface area (Å²) in [5.74, 6) is 0.619. The van der Waals surface area contributed by atoms with Crippen molar-refractivity contribution in [3.05, 3.63) is 23.0 Å². The van der Waals surface area contributed by atoms with Gasteiger partial charge in [-0.15, -0.1) is 0 Å². The number of amides is 1. The van der Waals surface area contributed by atoms with Crippen molar-refractivity contribution in [1.82, 2.24) is 20.4 Å². The Bertz CT molecular complexity index is 724. The number of hydrogen-bond donors (Lipinski definition) is 1. The third-order valence-corrected chi connectivity index (χ3v) is 4.15. The first-order chi connectivity index (χ1) is 11.7. The Morgan fingerprint density at radius 1 is 1.28 bits per heavy atom. The number of nitrogens with zero attached hydrogens (tertiary/aromatic N) is 3. The number of aromatic nitrogens is 2. The third kappa shape index (κ3) is 4.78. The van der Waals surface area contributed by atoms with Crippen LogP contribution in [-0.2, 0) is 0 Å². The molecule has 0 aliphatic carbocycles. The van der Waals surface area contributed by atoms with E-state index < -0.39 is 0 Å². The van der Waals surface area contributed by atoms with Crippen LogP contribution in [0, 0.1) is 12.8 Å². The molecule has 0 fully saturated rings. The lowest BCUT2D eigenvalue weighted by molar-refractivity contribution is 0.0926. The molecule has 1 atom stereocenters. The summed E-state index contributed by atoms with van der Waals surface area (Å²) in [5, 5.41) is 7.89. The van der Waals surface area contributed by atoms with E-state index in [-0.39, 0.29) is 17.9 Å². The van der Waals surface area contributed by atoms with Crippen molar-refractivity contribution >= 4 is 17.0 Å². The summed E-state index contributed by atoms with van der Waals surface area (Å²) in [7, 11) is 4.04. The number of fused-ring (bicyclic) bond motifs is 1. The van der Waals surface area contributed by atoms with E-state index in [0.717, 1.165) is 18.7 Å². The molecule has 6 heteroatoms. The Morgan fingerprint density at radius 2 is 1.96 bits per heavy atom. The minimum absolute atomic E-state index is 0.0897. The van der Waals surface area contributed by atoms with Crippen molar-refractivity contribution in [3.63, 3.8) is 0 Å². The first-order valence-corrected chi connectivity index (χ1v) is 8.91. The quantitative estimate of drug-likeness (QED) is 0.832. The van der Waals surface area contributed by atoms with E-state index in [1.807, 2.05) is 40.9 Å². The van der Waals surface area contributed by atoms with Crippen molar-refractivity contribution in [3.8, 4) is 0 Å². The molecule has 0 saturated heterocycles. The van der Waals surface area contributed by atoms with Crippen LogP contribution in [0.2, 0.25) is 0 Å². The van der Waals surface area contributed by atoms with E-state index in [2.05, 4.69) is 34.2 Å². The topological polar surface area (TPSA) is 71.3 Å². The first-order valence-electron chi connectivity index (χ1n) is 8.91. The molecule has 138 valence electrons. The fourth-order valence-corrected chi connectivity index (χ4v) is 3.04. The molecule has 2 aromatic rings. The zero-order valence-corrected chi connectivity index (χ0v) is 16.4. The average Bonchev–Trinajstić information content (AvgIpc) is 2.86. The number of carbonyl (C=O) groups excluding carboxylic acids is 1. The van der Waals surface area contributed by atoms with Gasteiger partial charge in [0.15, 0.2) is 0 Å². The molecule has 1 N–H and O–H groups in total. The first kappa shape index (κ1) is 19.4. The Labute approximate surface area is 150 Å². The Balaban J connectivity index is 2.37. The normalized spacial score (nSPS) is 13.2. The van der Waals surface area contributed by atoms with E-state index in [0.29, 0.717) is 28.3 Å². The van der Waals surface area contributed by atoms with Gasteiger partial charge in [0.1, 0.15) is 0 Å². The van der Waals surface area contributed by atoms with Crippen LogP contribution >= 0.6 is 0 Å². The summed E-state index contributed by atoms with van der Waals surface area (Å²) in [6, 6.07) is 1.96. The molecule has 2 aromatic heterocycles. The van der Waals surface area contributed by atoms with Crippen LogP contribution in [0.5, 0.6) is 0 Å². The highest BCUT2D eigenvalue weighted by atomic mass is 16.5. The fraction of sp³-hybridized carbons (Fsp3) is 0.632. The van der Waals surface area contributed by atoms with Gasteiger partial charge in [-0.1, -0.05) is 32.9 Å². The van der Waals surface area contributed by atoms with E-state index in [9.17, 15) is 4.79 Å². The molecule has 0 saturated carbocycles. The van der Waals surface area contributed by atoms with Gasteiger partial charge in [-0.25, -0.2) is 4.98 Å². The van der Waals surface area contributed by atoms with Gasteiger partial charge < -0.3 is 14.7 Å².